The highest BCUT2D eigenvalue weighted by atomic mass is 16.5. The fraction of sp³-hybridized carbons (Fsp3) is 0.929. The lowest BCUT2D eigenvalue weighted by molar-refractivity contribution is -0.128. The van der Waals surface area contributed by atoms with Crippen LogP contribution in [0.1, 0.15) is 32.6 Å². The van der Waals surface area contributed by atoms with Gasteiger partial charge in [-0.25, -0.2) is 0 Å². The maximum Gasteiger partial charge on any atom is 0.224 e. The molecule has 2 aliphatic rings. The van der Waals surface area contributed by atoms with E-state index in [1.165, 1.54) is 0 Å². The lowest BCUT2D eigenvalue weighted by Gasteiger charge is -2.34. The predicted octanol–water partition coefficient (Wildman–Crippen LogP) is 0.672. The highest BCUT2D eigenvalue weighted by molar-refractivity contribution is 5.79. The summed E-state index contributed by atoms with van der Waals surface area (Å²) in [6, 6.07) is -0.0212. The van der Waals surface area contributed by atoms with Crippen molar-refractivity contribution in [1.29, 1.82) is 0 Å². The first kappa shape index (κ1) is 14.8. The standard InChI is InChI=1S/C14H26N2O3/c1-10-4-3-5-11(12(10)15)13(17)16-8-14(18-2)6-7-19-9-14/h10-12H,3-9,15H2,1-2H3,(H,16,17). The van der Waals surface area contributed by atoms with Crippen LogP contribution in [0.2, 0.25) is 0 Å². The third-order valence-corrected chi connectivity index (χ3v) is 4.72. The van der Waals surface area contributed by atoms with Crippen LogP contribution in [0.4, 0.5) is 0 Å². The van der Waals surface area contributed by atoms with E-state index in [0.717, 1.165) is 25.7 Å². The van der Waals surface area contributed by atoms with E-state index in [1.54, 1.807) is 7.11 Å². The number of ether oxygens (including phenoxy) is 2. The lowest BCUT2D eigenvalue weighted by atomic mass is 9.78. The molecule has 110 valence electrons. The molecule has 2 rings (SSSR count). The van der Waals surface area contributed by atoms with Gasteiger partial charge in [-0.05, 0) is 18.8 Å². The van der Waals surface area contributed by atoms with Crippen LogP contribution >= 0.6 is 0 Å². The zero-order valence-corrected chi connectivity index (χ0v) is 12.0. The number of methoxy groups -OCH3 is 1. The first-order chi connectivity index (χ1) is 9.08. The van der Waals surface area contributed by atoms with Crippen molar-refractivity contribution >= 4 is 5.91 Å². The van der Waals surface area contributed by atoms with E-state index in [-0.39, 0.29) is 23.5 Å². The van der Waals surface area contributed by atoms with Crippen molar-refractivity contribution in [2.24, 2.45) is 17.6 Å². The average Bonchev–Trinajstić information content (AvgIpc) is 2.89. The molecule has 1 saturated carbocycles. The van der Waals surface area contributed by atoms with Crippen molar-refractivity contribution in [2.75, 3.05) is 26.9 Å². The summed E-state index contributed by atoms with van der Waals surface area (Å²) in [6.45, 7) is 3.89. The van der Waals surface area contributed by atoms with Gasteiger partial charge in [0.25, 0.3) is 0 Å². The Labute approximate surface area is 115 Å². The van der Waals surface area contributed by atoms with Gasteiger partial charge in [-0.15, -0.1) is 0 Å². The largest absolute Gasteiger partial charge is 0.378 e. The maximum absolute atomic E-state index is 12.3. The van der Waals surface area contributed by atoms with Gasteiger partial charge >= 0.3 is 0 Å². The highest BCUT2D eigenvalue weighted by Crippen LogP contribution is 2.28. The Morgan fingerprint density at radius 3 is 2.95 bits per heavy atom. The fourth-order valence-corrected chi connectivity index (χ4v) is 3.09. The van der Waals surface area contributed by atoms with Crippen LogP contribution in [-0.4, -0.2) is 44.4 Å². The third-order valence-electron chi connectivity index (χ3n) is 4.72. The Bertz CT molecular complexity index is 316. The summed E-state index contributed by atoms with van der Waals surface area (Å²) in [5.41, 5.74) is 5.81. The SMILES string of the molecule is COC1(CNC(=O)C2CCCC(C)C2N)CCOC1. The quantitative estimate of drug-likeness (QED) is 0.787. The van der Waals surface area contributed by atoms with Crippen LogP contribution in [0, 0.1) is 11.8 Å². The van der Waals surface area contributed by atoms with Gasteiger partial charge in [-0.2, -0.15) is 0 Å². The molecule has 0 aromatic rings. The van der Waals surface area contributed by atoms with Crippen LogP contribution in [0.5, 0.6) is 0 Å². The molecule has 0 spiro atoms. The second-order valence-corrected chi connectivity index (χ2v) is 6.00. The molecular formula is C14H26N2O3. The number of carbonyl (C=O) groups excluding carboxylic acids is 1. The van der Waals surface area contributed by atoms with Crippen molar-refractivity contribution in [2.45, 2.75) is 44.2 Å². The fourth-order valence-electron chi connectivity index (χ4n) is 3.09. The molecule has 0 aromatic heterocycles. The van der Waals surface area contributed by atoms with Crippen LogP contribution < -0.4 is 11.1 Å². The van der Waals surface area contributed by atoms with Gasteiger partial charge in [0.1, 0.15) is 5.60 Å². The van der Waals surface area contributed by atoms with E-state index in [0.29, 0.717) is 25.7 Å². The summed E-state index contributed by atoms with van der Waals surface area (Å²) in [5.74, 6) is 0.443. The van der Waals surface area contributed by atoms with E-state index in [1.807, 2.05) is 0 Å². The van der Waals surface area contributed by atoms with E-state index < -0.39 is 0 Å². The van der Waals surface area contributed by atoms with Gasteiger partial charge in [-0.1, -0.05) is 13.3 Å². The normalized spacial score (nSPS) is 39.2. The number of nitrogens with one attached hydrogen (secondary N) is 1. The Kier molecular flexibility index (Phi) is 4.81. The number of carbonyl (C=O) groups is 1. The van der Waals surface area contributed by atoms with E-state index in [2.05, 4.69) is 12.2 Å². The third kappa shape index (κ3) is 3.27. The summed E-state index contributed by atoms with van der Waals surface area (Å²) in [6.07, 6.45) is 3.94. The molecule has 2 fully saturated rings. The molecule has 1 heterocycles. The van der Waals surface area contributed by atoms with Crippen molar-refractivity contribution < 1.29 is 14.3 Å². The highest BCUT2D eigenvalue weighted by Gasteiger charge is 2.37. The molecule has 1 aliphatic heterocycles. The van der Waals surface area contributed by atoms with Gasteiger partial charge in [0.15, 0.2) is 0 Å². The first-order valence-electron chi connectivity index (χ1n) is 7.24. The van der Waals surface area contributed by atoms with Crippen LogP contribution in [0.25, 0.3) is 0 Å². The van der Waals surface area contributed by atoms with Gasteiger partial charge in [0, 0.05) is 32.7 Å². The van der Waals surface area contributed by atoms with Crippen molar-refractivity contribution in [3.63, 3.8) is 0 Å². The van der Waals surface area contributed by atoms with Gasteiger partial charge < -0.3 is 20.5 Å². The van der Waals surface area contributed by atoms with Crippen LogP contribution in [0.15, 0.2) is 0 Å². The monoisotopic (exact) mass is 270 g/mol. The van der Waals surface area contributed by atoms with Crippen LogP contribution in [0.3, 0.4) is 0 Å². The molecule has 1 saturated heterocycles. The Hall–Kier alpha value is -0.650. The number of rotatable bonds is 4. The predicted molar refractivity (Wildman–Crippen MR) is 72.7 cm³/mol. The molecule has 5 nitrogen and oxygen atoms in total. The van der Waals surface area contributed by atoms with E-state index in [9.17, 15) is 4.79 Å². The zero-order valence-electron chi connectivity index (χ0n) is 12.0. The van der Waals surface area contributed by atoms with Crippen molar-refractivity contribution in [3.8, 4) is 0 Å². The molecule has 1 amide bonds. The molecule has 4 atom stereocenters. The Balaban J connectivity index is 1.86. The summed E-state index contributed by atoms with van der Waals surface area (Å²) < 4.78 is 10.9. The molecule has 0 aromatic carbocycles. The second kappa shape index (κ2) is 6.20. The minimum Gasteiger partial charge on any atom is -0.378 e. The van der Waals surface area contributed by atoms with E-state index >= 15 is 0 Å². The molecule has 4 unspecified atom stereocenters. The summed E-state index contributed by atoms with van der Waals surface area (Å²) >= 11 is 0. The average molecular weight is 270 g/mol. The summed E-state index contributed by atoms with van der Waals surface area (Å²) in [5, 5.41) is 3.01. The van der Waals surface area contributed by atoms with Gasteiger partial charge in [0.2, 0.25) is 5.91 Å². The number of hydrogen-bond acceptors (Lipinski definition) is 4. The Morgan fingerprint density at radius 2 is 2.32 bits per heavy atom. The molecule has 1 aliphatic carbocycles. The van der Waals surface area contributed by atoms with Gasteiger partial charge in [-0.3, -0.25) is 4.79 Å². The van der Waals surface area contributed by atoms with Crippen LogP contribution in [-0.2, 0) is 14.3 Å². The maximum atomic E-state index is 12.3. The van der Waals surface area contributed by atoms with E-state index in [4.69, 9.17) is 15.2 Å². The smallest absolute Gasteiger partial charge is 0.224 e. The number of amides is 1. The number of nitrogens with two attached hydrogens (primary N) is 1. The number of hydrogen-bond donors (Lipinski definition) is 2. The summed E-state index contributed by atoms with van der Waals surface area (Å²) in [4.78, 5) is 12.3. The molecule has 0 bridgehead atoms. The van der Waals surface area contributed by atoms with Crippen molar-refractivity contribution in [1.82, 2.24) is 5.32 Å². The molecule has 3 N–H and O–H groups in total. The van der Waals surface area contributed by atoms with Gasteiger partial charge in [0.05, 0.1) is 12.5 Å². The minimum absolute atomic E-state index is 0.0212. The zero-order chi connectivity index (χ0) is 13.9. The summed E-state index contributed by atoms with van der Waals surface area (Å²) in [7, 11) is 1.68. The van der Waals surface area contributed by atoms with Crippen molar-refractivity contribution in [3.05, 3.63) is 0 Å². The molecule has 0 radical (unpaired) electrons. The molecule has 19 heavy (non-hydrogen) atoms. The first-order valence-corrected chi connectivity index (χ1v) is 7.24. The topological polar surface area (TPSA) is 73.6 Å². The molecular weight excluding hydrogens is 244 g/mol. The second-order valence-electron chi connectivity index (χ2n) is 6.00. The minimum atomic E-state index is -0.347. The molecule has 5 heteroatoms. The Morgan fingerprint density at radius 1 is 1.53 bits per heavy atom. The lowest BCUT2D eigenvalue weighted by Crippen LogP contribution is -2.51.